The molecule has 1 aliphatic rings. The number of allylic oxidation sites excluding steroid dienone is 1. The first kappa shape index (κ1) is 4.57. The number of hydrogen-bond donors (Lipinski definition) is 0. The second kappa shape index (κ2) is 1.92. The van der Waals surface area contributed by atoms with Crippen LogP contribution in [0.3, 0.4) is 0 Å². The van der Waals surface area contributed by atoms with Gasteiger partial charge in [-0.3, -0.25) is 0 Å². The predicted molar refractivity (Wildman–Crippen MR) is 30.9 cm³/mol. The highest BCUT2D eigenvalue weighted by molar-refractivity contribution is 5.67. The van der Waals surface area contributed by atoms with Crippen molar-refractivity contribution < 1.29 is 4.58 Å². The number of hydrogen-bond acceptors (Lipinski definition) is 0. The third-order valence-corrected chi connectivity index (χ3v) is 1.18. The molecule has 0 aliphatic carbocycles. The summed E-state index contributed by atoms with van der Waals surface area (Å²) >= 11 is 0. The molecule has 0 aromatic heterocycles. The van der Waals surface area contributed by atoms with Crippen LogP contribution >= 0.6 is 0 Å². The van der Waals surface area contributed by atoms with Crippen molar-refractivity contribution in [3.05, 3.63) is 12.2 Å². The fourth-order valence-electron chi connectivity index (χ4n) is 0.674. The lowest BCUT2D eigenvalue weighted by molar-refractivity contribution is -0.505. The van der Waals surface area contributed by atoms with Gasteiger partial charge in [0.2, 0.25) is 0 Å². The largest absolute Gasteiger partial charge is 0.233 e. The van der Waals surface area contributed by atoms with E-state index in [1.165, 1.54) is 0 Å². The van der Waals surface area contributed by atoms with Crippen LogP contribution in [0.25, 0.3) is 0 Å². The maximum atomic E-state index is 2.25. The molecule has 0 atom stereocenters. The molecule has 0 fully saturated rings. The Bertz CT molecular complexity index is 111. The second-order valence-electron chi connectivity index (χ2n) is 1.66. The van der Waals surface area contributed by atoms with Gasteiger partial charge in [0.25, 0.3) is 0 Å². The fourth-order valence-corrected chi connectivity index (χ4v) is 0.674. The molecule has 7 heavy (non-hydrogen) atoms. The molecule has 38 valence electrons. The van der Waals surface area contributed by atoms with Gasteiger partial charge in [-0.05, 0) is 13.0 Å². The smallest absolute Gasteiger partial charge is 0.163 e. The Morgan fingerprint density at radius 2 is 2.57 bits per heavy atom. The number of nitrogens with zero attached hydrogens (tertiary/aromatic N) is 1. The van der Waals surface area contributed by atoms with Gasteiger partial charge in [0.1, 0.15) is 6.54 Å². The molecular weight excluding hydrogens is 86.1 g/mol. The van der Waals surface area contributed by atoms with E-state index in [1.54, 1.807) is 0 Å². The summed E-state index contributed by atoms with van der Waals surface area (Å²) in [5, 5.41) is 0. The van der Waals surface area contributed by atoms with Crippen molar-refractivity contribution in [2.45, 2.75) is 6.92 Å². The molecule has 0 bridgehead atoms. The zero-order chi connectivity index (χ0) is 5.11. The molecule has 1 nitrogen and oxygen atoms in total. The van der Waals surface area contributed by atoms with Crippen LogP contribution in [-0.2, 0) is 0 Å². The quantitative estimate of drug-likeness (QED) is 0.422. The van der Waals surface area contributed by atoms with Gasteiger partial charge in [-0.2, -0.15) is 0 Å². The zero-order valence-corrected chi connectivity index (χ0v) is 4.59. The monoisotopic (exact) mass is 96.1 g/mol. The second-order valence-corrected chi connectivity index (χ2v) is 1.66. The minimum absolute atomic E-state index is 1.11. The average molecular weight is 96.2 g/mol. The highest BCUT2D eigenvalue weighted by Gasteiger charge is 1.98. The zero-order valence-electron chi connectivity index (χ0n) is 4.59. The SMILES string of the molecule is CC[N+]1=CC=CC1. The van der Waals surface area contributed by atoms with Crippen LogP contribution in [0.15, 0.2) is 12.2 Å². The Balaban J connectivity index is 2.45. The Morgan fingerprint density at radius 1 is 1.71 bits per heavy atom. The molecule has 0 amide bonds. The van der Waals surface area contributed by atoms with Gasteiger partial charge in [-0.15, -0.1) is 0 Å². The number of likely N-dealkylation sites (N-methyl/N-ethyl adjacent to an activating group) is 1. The van der Waals surface area contributed by atoms with Crippen LogP contribution in [0.2, 0.25) is 0 Å². The minimum atomic E-state index is 1.11. The molecular formula is C6H10N+. The van der Waals surface area contributed by atoms with Gasteiger partial charge in [0, 0.05) is 6.08 Å². The highest BCUT2D eigenvalue weighted by atomic mass is 15.0. The van der Waals surface area contributed by atoms with Crippen LogP contribution in [-0.4, -0.2) is 23.9 Å². The molecule has 0 aromatic rings. The first-order valence-corrected chi connectivity index (χ1v) is 2.67. The van der Waals surface area contributed by atoms with Gasteiger partial charge < -0.3 is 0 Å². The Morgan fingerprint density at radius 3 is 2.86 bits per heavy atom. The molecule has 0 radical (unpaired) electrons. The van der Waals surface area contributed by atoms with Gasteiger partial charge >= 0.3 is 0 Å². The predicted octanol–water partition coefficient (Wildman–Crippen LogP) is 0.659. The molecule has 0 unspecified atom stereocenters. The molecule has 0 saturated heterocycles. The molecule has 1 rings (SSSR count). The van der Waals surface area contributed by atoms with Crippen molar-refractivity contribution in [3.63, 3.8) is 0 Å². The maximum Gasteiger partial charge on any atom is 0.163 e. The number of rotatable bonds is 1. The van der Waals surface area contributed by atoms with E-state index in [2.05, 4.69) is 29.9 Å². The van der Waals surface area contributed by atoms with E-state index in [0.29, 0.717) is 0 Å². The van der Waals surface area contributed by atoms with Crippen molar-refractivity contribution >= 4 is 6.21 Å². The van der Waals surface area contributed by atoms with Crippen LogP contribution in [0.5, 0.6) is 0 Å². The fraction of sp³-hybridized carbons (Fsp3) is 0.500. The summed E-state index contributed by atoms with van der Waals surface area (Å²) in [4.78, 5) is 0. The Hall–Kier alpha value is -0.590. The molecule has 0 N–H and O–H groups in total. The lowest BCUT2D eigenvalue weighted by Gasteiger charge is -1.85. The van der Waals surface area contributed by atoms with Crippen LogP contribution in [0.1, 0.15) is 6.92 Å². The van der Waals surface area contributed by atoms with E-state index < -0.39 is 0 Å². The van der Waals surface area contributed by atoms with Crippen molar-refractivity contribution in [1.29, 1.82) is 0 Å². The van der Waals surface area contributed by atoms with Crippen molar-refractivity contribution in [2.75, 3.05) is 13.1 Å². The van der Waals surface area contributed by atoms with Gasteiger partial charge in [-0.25, -0.2) is 4.58 Å². The molecule has 0 saturated carbocycles. The third kappa shape index (κ3) is 0.889. The Labute approximate surface area is 44.0 Å². The summed E-state index contributed by atoms with van der Waals surface area (Å²) in [6.07, 6.45) is 6.35. The summed E-state index contributed by atoms with van der Waals surface area (Å²) < 4.78 is 2.25. The standard InChI is InChI=1S/C6H10N/c1-2-7-5-3-4-6-7/h3-5H,2,6H2,1H3/q+1. The van der Waals surface area contributed by atoms with E-state index >= 15 is 0 Å². The summed E-state index contributed by atoms with van der Waals surface area (Å²) in [6.45, 7) is 4.40. The average Bonchev–Trinajstić information content (AvgIpc) is 2.14. The van der Waals surface area contributed by atoms with E-state index in [0.717, 1.165) is 13.1 Å². The van der Waals surface area contributed by atoms with E-state index in [9.17, 15) is 0 Å². The molecule has 0 spiro atoms. The topological polar surface area (TPSA) is 3.01 Å². The summed E-state index contributed by atoms with van der Waals surface area (Å²) in [7, 11) is 0. The molecule has 1 heteroatoms. The van der Waals surface area contributed by atoms with Gasteiger partial charge in [0.15, 0.2) is 12.8 Å². The molecule has 1 aliphatic heterocycles. The van der Waals surface area contributed by atoms with E-state index in [4.69, 9.17) is 0 Å². The van der Waals surface area contributed by atoms with E-state index in [-0.39, 0.29) is 0 Å². The van der Waals surface area contributed by atoms with Crippen LogP contribution in [0, 0.1) is 0 Å². The molecule has 0 aromatic carbocycles. The lowest BCUT2D eigenvalue weighted by Crippen LogP contribution is -2.06. The first-order valence-electron chi connectivity index (χ1n) is 2.67. The third-order valence-electron chi connectivity index (χ3n) is 1.18. The van der Waals surface area contributed by atoms with Gasteiger partial charge in [0.05, 0.1) is 0 Å². The van der Waals surface area contributed by atoms with Crippen LogP contribution in [0.4, 0.5) is 0 Å². The van der Waals surface area contributed by atoms with E-state index in [1.807, 2.05) is 0 Å². The first-order chi connectivity index (χ1) is 3.43. The summed E-state index contributed by atoms with van der Waals surface area (Å²) in [6, 6.07) is 0. The molecule has 1 heterocycles. The summed E-state index contributed by atoms with van der Waals surface area (Å²) in [5.41, 5.74) is 0. The normalized spacial score (nSPS) is 17.6. The minimum Gasteiger partial charge on any atom is -0.233 e. The highest BCUT2D eigenvalue weighted by Crippen LogP contribution is 1.83. The lowest BCUT2D eigenvalue weighted by atomic mass is 10.6. The van der Waals surface area contributed by atoms with Crippen molar-refractivity contribution in [3.8, 4) is 0 Å². The Kier molecular flexibility index (Phi) is 1.25. The summed E-state index contributed by atoms with van der Waals surface area (Å²) in [5.74, 6) is 0. The van der Waals surface area contributed by atoms with Crippen LogP contribution < -0.4 is 0 Å². The van der Waals surface area contributed by atoms with Crippen molar-refractivity contribution in [1.82, 2.24) is 0 Å². The van der Waals surface area contributed by atoms with Gasteiger partial charge in [-0.1, -0.05) is 0 Å². The van der Waals surface area contributed by atoms with Crippen molar-refractivity contribution in [2.24, 2.45) is 0 Å². The maximum absolute atomic E-state index is 2.25.